The summed E-state index contributed by atoms with van der Waals surface area (Å²) >= 11 is 0. The number of hydrogen-bond donors (Lipinski definition) is 3. The molecule has 1 unspecified atom stereocenters. The molecule has 6 heteroatoms. The van der Waals surface area contributed by atoms with Crippen LogP contribution in [-0.4, -0.2) is 20.7 Å². The fourth-order valence-corrected chi connectivity index (χ4v) is 3.80. The number of nitrogens with zero attached hydrogens (tertiary/aromatic N) is 2. The van der Waals surface area contributed by atoms with E-state index in [1.165, 1.54) is 17.2 Å². The minimum absolute atomic E-state index is 0.0224. The molecule has 0 spiro atoms. The normalized spacial score (nSPS) is 12.3. The van der Waals surface area contributed by atoms with Crippen molar-refractivity contribution in [1.29, 1.82) is 0 Å². The molecule has 0 aliphatic rings. The van der Waals surface area contributed by atoms with Crippen molar-refractivity contribution in [3.05, 3.63) is 107 Å². The van der Waals surface area contributed by atoms with Gasteiger partial charge in [-0.1, -0.05) is 66.7 Å². The third-order valence-electron chi connectivity index (χ3n) is 5.47. The molecule has 0 aliphatic carbocycles. The van der Waals surface area contributed by atoms with Crippen LogP contribution in [0.15, 0.2) is 84.9 Å². The van der Waals surface area contributed by atoms with Crippen LogP contribution in [0.1, 0.15) is 28.6 Å². The maximum absolute atomic E-state index is 11.3. The van der Waals surface area contributed by atoms with E-state index in [0.717, 1.165) is 35.4 Å². The average molecular weight is 427 g/mol. The number of rotatable bonds is 8. The summed E-state index contributed by atoms with van der Waals surface area (Å²) in [6.07, 6.45) is 3.74. The first-order valence-corrected chi connectivity index (χ1v) is 10.5. The van der Waals surface area contributed by atoms with Gasteiger partial charge in [-0.05, 0) is 41.3 Å². The van der Waals surface area contributed by atoms with Crippen molar-refractivity contribution >= 4 is 23.0 Å². The third kappa shape index (κ3) is 5.11. The Morgan fingerprint density at radius 3 is 2.41 bits per heavy atom. The van der Waals surface area contributed by atoms with Gasteiger partial charge in [0, 0.05) is 19.7 Å². The van der Waals surface area contributed by atoms with E-state index >= 15 is 0 Å². The summed E-state index contributed by atoms with van der Waals surface area (Å²) in [4.78, 5) is 16.2. The second-order valence-electron chi connectivity index (χ2n) is 7.70. The van der Waals surface area contributed by atoms with Crippen LogP contribution >= 0.6 is 0 Å². The van der Waals surface area contributed by atoms with E-state index in [4.69, 9.17) is 10.2 Å². The van der Waals surface area contributed by atoms with Crippen LogP contribution in [0.3, 0.4) is 0 Å². The Morgan fingerprint density at radius 1 is 1.03 bits per heavy atom. The van der Waals surface area contributed by atoms with Crippen molar-refractivity contribution < 1.29 is 10.0 Å². The first-order valence-electron chi connectivity index (χ1n) is 10.5. The second-order valence-corrected chi connectivity index (χ2v) is 7.70. The van der Waals surface area contributed by atoms with Gasteiger partial charge < -0.3 is 9.88 Å². The lowest BCUT2D eigenvalue weighted by atomic mass is 10.0. The minimum atomic E-state index is -0.570. The molecular formula is C26H26N4O2. The van der Waals surface area contributed by atoms with Crippen LogP contribution in [0, 0.1) is 0 Å². The highest BCUT2D eigenvalue weighted by Crippen LogP contribution is 2.24. The molecule has 1 atom stereocenters. The highest BCUT2D eigenvalue weighted by Gasteiger charge is 2.19. The lowest BCUT2D eigenvalue weighted by molar-refractivity contribution is -0.124. The van der Waals surface area contributed by atoms with E-state index in [9.17, 15) is 4.79 Å². The van der Waals surface area contributed by atoms with E-state index < -0.39 is 5.91 Å². The topological polar surface area (TPSA) is 79.2 Å². The predicted octanol–water partition coefficient (Wildman–Crippen LogP) is 4.17. The molecular weight excluding hydrogens is 400 g/mol. The SMILES string of the molecule is Cn1c(C(Cc2ccccc2)NCc2ccccc2)nc2cc(/C=C/C(=O)NO)ccc21. The lowest BCUT2D eigenvalue weighted by Crippen LogP contribution is -2.25. The summed E-state index contributed by atoms with van der Waals surface area (Å²) < 4.78 is 2.12. The standard InChI is InChI=1S/C26H26N4O2/c1-30-24-14-12-20(13-15-25(31)29-32)16-22(24)28-26(30)23(17-19-8-4-2-5-9-19)27-18-21-10-6-3-7-11-21/h2-16,23,27,32H,17-18H2,1H3,(H,29,31)/b15-13+. The van der Waals surface area contributed by atoms with Gasteiger partial charge in [0.25, 0.3) is 5.91 Å². The first kappa shape index (κ1) is 21.5. The summed E-state index contributed by atoms with van der Waals surface area (Å²) in [5.41, 5.74) is 6.77. The van der Waals surface area contributed by atoms with Gasteiger partial charge in [0.2, 0.25) is 0 Å². The van der Waals surface area contributed by atoms with Crippen LogP contribution in [0.4, 0.5) is 0 Å². The van der Waals surface area contributed by atoms with E-state index in [0.29, 0.717) is 0 Å². The van der Waals surface area contributed by atoms with Crippen LogP contribution in [-0.2, 0) is 24.8 Å². The summed E-state index contributed by atoms with van der Waals surface area (Å²) in [6.45, 7) is 0.742. The van der Waals surface area contributed by atoms with Crippen molar-refractivity contribution in [2.45, 2.75) is 19.0 Å². The molecule has 1 amide bonds. The smallest absolute Gasteiger partial charge is 0.267 e. The largest absolute Gasteiger partial charge is 0.330 e. The summed E-state index contributed by atoms with van der Waals surface area (Å²) in [5.74, 6) is 0.383. The zero-order chi connectivity index (χ0) is 22.3. The van der Waals surface area contributed by atoms with Gasteiger partial charge in [0.1, 0.15) is 5.82 Å². The summed E-state index contributed by atoms with van der Waals surface area (Å²) in [7, 11) is 2.03. The maximum atomic E-state index is 11.3. The molecule has 0 radical (unpaired) electrons. The van der Waals surface area contributed by atoms with E-state index in [1.807, 2.05) is 49.5 Å². The number of aryl methyl sites for hydroxylation is 1. The molecule has 0 saturated heterocycles. The molecule has 0 bridgehead atoms. The van der Waals surface area contributed by atoms with Gasteiger partial charge in [0.15, 0.2) is 0 Å². The number of carbonyl (C=O) groups is 1. The van der Waals surface area contributed by atoms with Crippen LogP contribution in [0.2, 0.25) is 0 Å². The lowest BCUT2D eigenvalue weighted by Gasteiger charge is -2.19. The Bertz CT molecular complexity index is 1220. The molecule has 32 heavy (non-hydrogen) atoms. The summed E-state index contributed by atoms with van der Waals surface area (Å²) in [5, 5.41) is 12.4. The average Bonchev–Trinajstić information content (AvgIpc) is 3.17. The molecule has 6 nitrogen and oxygen atoms in total. The Labute approximate surface area is 187 Å². The number of nitrogens with one attached hydrogen (secondary N) is 2. The maximum Gasteiger partial charge on any atom is 0.267 e. The minimum Gasteiger partial charge on any atom is -0.330 e. The molecule has 0 saturated carbocycles. The first-order chi connectivity index (χ1) is 15.6. The number of hydrogen-bond acceptors (Lipinski definition) is 4. The zero-order valence-electron chi connectivity index (χ0n) is 17.9. The van der Waals surface area contributed by atoms with Gasteiger partial charge in [-0.15, -0.1) is 0 Å². The van der Waals surface area contributed by atoms with Gasteiger partial charge in [-0.2, -0.15) is 0 Å². The highest BCUT2D eigenvalue weighted by molar-refractivity contribution is 5.91. The molecule has 3 aromatic carbocycles. The molecule has 0 fully saturated rings. The quantitative estimate of drug-likeness (QED) is 0.225. The van der Waals surface area contributed by atoms with Gasteiger partial charge in [-0.3, -0.25) is 10.0 Å². The molecule has 4 rings (SSSR count). The van der Waals surface area contributed by atoms with Crippen molar-refractivity contribution in [2.24, 2.45) is 7.05 Å². The molecule has 3 N–H and O–H groups in total. The van der Waals surface area contributed by atoms with Crippen LogP contribution in [0.25, 0.3) is 17.1 Å². The van der Waals surface area contributed by atoms with E-state index in [1.54, 1.807) is 11.6 Å². The molecule has 1 heterocycles. The molecule has 4 aromatic rings. The van der Waals surface area contributed by atoms with E-state index in [2.05, 4.69) is 46.3 Å². The Morgan fingerprint density at radius 2 is 1.72 bits per heavy atom. The number of carbonyl (C=O) groups excluding carboxylic acids is 1. The molecule has 162 valence electrons. The highest BCUT2D eigenvalue weighted by atomic mass is 16.5. The number of benzene rings is 3. The number of amides is 1. The van der Waals surface area contributed by atoms with Gasteiger partial charge in [0.05, 0.1) is 17.1 Å². The zero-order valence-corrected chi connectivity index (χ0v) is 17.9. The van der Waals surface area contributed by atoms with Gasteiger partial charge >= 0.3 is 0 Å². The number of aromatic nitrogens is 2. The second kappa shape index (κ2) is 10.0. The van der Waals surface area contributed by atoms with Crippen LogP contribution in [0.5, 0.6) is 0 Å². The molecule has 1 aromatic heterocycles. The Hall–Kier alpha value is -3.74. The van der Waals surface area contributed by atoms with Crippen molar-refractivity contribution in [3.63, 3.8) is 0 Å². The Balaban J connectivity index is 1.65. The monoisotopic (exact) mass is 426 g/mol. The number of imidazole rings is 1. The van der Waals surface area contributed by atoms with Crippen LogP contribution < -0.4 is 10.8 Å². The predicted molar refractivity (Wildman–Crippen MR) is 126 cm³/mol. The molecule has 0 aliphatic heterocycles. The fraction of sp³-hybridized carbons (Fsp3) is 0.154. The third-order valence-corrected chi connectivity index (χ3v) is 5.47. The van der Waals surface area contributed by atoms with Crippen molar-refractivity contribution in [3.8, 4) is 0 Å². The summed E-state index contributed by atoms with van der Waals surface area (Å²) in [6, 6.07) is 26.6. The van der Waals surface area contributed by atoms with Crippen molar-refractivity contribution in [2.75, 3.05) is 0 Å². The van der Waals surface area contributed by atoms with E-state index in [-0.39, 0.29) is 6.04 Å². The number of hydroxylamine groups is 1. The Kier molecular flexibility index (Phi) is 6.75. The van der Waals surface area contributed by atoms with Gasteiger partial charge in [-0.25, -0.2) is 10.5 Å². The number of fused-ring (bicyclic) bond motifs is 1. The van der Waals surface area contributed by atoms with Crippen molar-refractivity contribution in [1.82, 2.24) is 20.3 Å². The fourth-order valence-electron chi connectivity index (χ4n) is 3.80.